The van der Waals surface area contributed by atoms with E-state index in [0.717, 1.165) is 6.42 Å². The molecule has 0 bridgehead atoms. The quantitative estimate of drug-likeness (QED) is 0.714. The second kappa shape index (κ2) is 7.25. The molecule has 0 fully saturated rings. The van der Waals surface area contributed by atoms with Crippen molar-refractivity contribution in [3.05, 3.63) is 0 Å². The summed E-state index contributed by atoms with van der Waals surface area (Å²) in [6.45, 7) is 3.58. The van der Waals surface area contributed by atoms with Gasteiger partial charge in [0.1, 0.15) is 0 Å². The molecule has 76 valence electrons. The Morgan fingerprint density at radius 2 is 2.08 bits per heavy atom. The first-order chi connectivity index (χ1) is 5.02. The van der Waals surface area contributed by atoms with Crippen molar-refractivity contribution in [2.24, 2.45) is 0 Å². The summed E-state index contributed by atoms with van der Waals surface area (Å²) in [6, 6.07) is 0.220. The third kappa shape index (κ3) is 7.47. The molecule has 0 amide bonds. The molecule has 6 heteroatoms. The average molecular weight is 234 g/mol. The molecule has 2 N–H and O–H groups in total. The summed E-state index contributed by atoms with van der Waals surface area (Å²) in [4.78, 5) is 9.41. The zero-order valence-electron chi connectivity index (χ0n) is 7.61. The Balaban J connectivity index is 0. The molecule has 0 saturated heterocycles. The zero-order valence-corrected chi connectivity index (χ0v) is 10.1. The van der Waals surface area contributed by atoms with Gasteiger partial charge in [0.05, 0.1) is 6.61 Å². The molecule has 0 aromatic rings. The van der Waals surface area contributed by atoms with Gasteiger partial charge in [-0.2, -0.15) is 0 Å². The van der Waals surface area contributed by atoms with Crippen LogP contribution in [0.15, 0.2) is 0 Å². The van der Waals surface area contributed by atoms with Gasteiger partial charge in [0.2, 0.25) is 0 Å². The third-order valence-electron chi connectivity index (χ3n) is 1.30. The Morgan fingerprint density at radius 1 is 1.58 bits per heavy atom. The highest BCUT2D eigenvalue weighted by Gasteiger charge is 2.14. The lowest BCUT2D eigenvalue weighted by molar-refractivity contribution is 0.313. The van der Waals surface area contributed by atoms with Crippen LogP contribution in [0.4, 0.5) is 0 Å². The predicted octanol–water partition coefficient (Wildman–Crippen LogP) is 2.05. The Labute approximate surface area is 85.5 Å². The number of hydrogen-bond donors (Lipinski definition) is 2. The summed E-state index contributed by atoms with van der Waals surface area (Å²) in [5.74, 6) is 0. The maximum absolute atomic E-state index is 9.41. The van der Waals surface area contributed by atoms with Crippen LogP contribution in [0, 0.1) is 0 Å². The number of hydrogen-bond acceptors (Lipinski definition) is 2. The fourth-order valence-corrected chi connectivity index (χ4v) is 2.60. The van der Waals surface area contributed by atoms with Crippen LogP contribution in [0.25, 0.3) is 0 Å². The normalized spacial score (nSPS) is 17.7. The standard InChI is InChI=1S/C6H16NO2PS.ClH/c1-4-6(3)7-10(8,11)9-5-2;/h6H,4-5H2,1-3H3,(H2,7,8,11);1H. The summed E-state index contributed by atoms with van der Waals surface area (Å²) in [6.07, 6.45) is 0.937. The van der Waals surface area contributed by atoms with Crippen molar-refractivity contribution in [2.75, 3.05) is 6.61 Å². The molecule has 0 aromatic heterocycles. The first-order valence-electron chi connectivity index (χ1n) is 3.77. The second-order valence-corrected chi connectivity index (χ2v) is 5.42. The molecule has 0 aliphatic heterocycles. The number of halogens is 1. The van der Waals surface area contributed by atoms with Crippen LogP contribution in [0.1, 0.15) is 27.2 Å². The minimum Gasteiger partial charge on any atom is -0.334 e. The summed E-state index contributed by atoms with van der Waals surface area (Å²) in [5.41, 5.74) is 0. The van der Waals surface area contributed by atoms with E-state index in [0.29, 0.717) is 6.61 Å². The predicted molar refractivity (Wildman–Crippen MR) is 58.3 cm³/mol. The molecule has 2 atom stereocenters. The van der Waals surface area contributed by atoms with E-state index in [2.05, 4.69) is 5.09 Å². The lowest BCUT2D eigenvalue weighted by atomic mass is 10.3. The van der Waals surface area contributed by atoms with Gasteiger partial charge in [-0.05, 0) is 32.1 Å². The first-order valence-corrected chi connectivity index (χ1v) is 6.44. The largest absolute Gasteiger partial charge is 0.334 e. The molecule has 12 heavy (non-hydrogen) atoms. The smallest absolute Gasteiger partial charge is 0.258 e. The second-order valence-electron chi connectivity index (χ2n) is 2.38. The molecule has 0 aliphatic carbocycles. The number of nitrogens with one attached hydrogen (secondary N) is 1. The number of rotatable bonds is 5. The van der Waals surface area contributed by atoms with Crippen molar-refractivity contribution in [1.82, 2.24) is 5.09 Å². The van der Waals surface area contributed by atoms with Crippen LogP contribution in [0.2, 0.25) is 0 Å². The van der Waals surface area contributed by atoms with Gasteiger partial charge in [-0.1, -0.05) is 6.92 Å². The van der Waals surface area contributed by atoms with E-state index in [4.69, 9.17) is 16.3 Å². The van der Waals surface area contributed by atoms with E-state index in [1.807, 2.05) is 20.8 Å². The van der Waals surface area contributed by atoms with Crippen molar-refractivity contribution in [3.8, 4) is 0 Å². The molecule has 0 aliphatic rings. The molecular formula is C6H17ClNO2PS. The average Bonchev–Trinajstić information content (AvgIpc) is 1.86. The van der Waals surface area contributed by atoms with Gasteiger partial charge in [-0.25, -0.2) is 5.09 Å². The van der Waals surface area contributed by atoms with Gasteiger partial charge in [-0.15, -0.1) is 12.4 Å². The molecule has 0 saturated carbocycles. The Morgan fingerprint density at radius 3 is 2.42 bits per heavy atom. The third-order valence-corrected chi connectivity index (χ3v) is 3.31. The maximum Gasteiger partial charge on any atom is 0.258 e. The Bertz CT molecular complexity index is 158. The van der Waals surface area contributed by atoms with Gasteiger partial charge in [-0.3, -0.25) is 0 Å². The Kier molecular flexibility index (Phi) is 9.24. The zero-order chi connectivity index (χ0) is 8.91. The lowest BCUT2D eigenvalue weighted by Gasteiger charge is -2.19. The van der Waals surface area contributed by atoms with Crippen molar-refractivity contribution in [3.63, 3.8) is 0 Å². The van der Waals surface area contributed by atoms with E-state index in [1.54, 1.807) is 0 Å². The molecule has 0 radical (unpaired) electrons. The van der Waals surface area contributed by atoms with Gasteiger partial charge >= 0.3 is 0 Å². The van der Waals surface area contributed by atoms with Gasteiger partial charge in [0.15, 0.2) is 0 Å². The van der Waals surface area contributed by atoms with Crippen LogP contribution in [0.3, 0.4) is 0 Å². The van der Waals surface area contributed by atoms with E-state index in [1.165, 1.54) is 0 Å². The van der Waals surface area contributed by atoms with E-state index < -0.39 is 6.64 Å². The summed E-state index contributed by atoms with van der Waals surface area (Å²) in [7, 11) is 0. The highest BCUT2D eigenvalue weighted by Crippen LogP contribution is 2.37. The molecule has 0 heterocycles. The fourth-order valence-electron chi connectivity index (χ4n) is 0.582. The van der Waals surface area contributed by atoms with E-state index >= 15 is 0 Å². The van der Waals surface area contributed by atoms with Gasteiger partial charge < -0.3 is 9.42 Å². The summed E-state index contributed by atoms with van der Waals surface area (Å²) < 4.78 is 4.97. The van der Waals surface area contributed by atoms with Crippen LogP contribution in [0.5, 0.6) is 0 Å². The van der Waals surface area contributed by atoms with Crippen LogP contribution in [-0.4, -0.2) is 17.5 Å². The Hall–Kier alpha value is 0.820. The van der Waals surface area contributed by atoms with Gasteiger partial charge in [0.25, 0.3) is 6.64 Å². The fraction of sp³-hybridized carbons (Fsp3) is 1.00. The molecule has 0 spiro atoms. The minimum atomic E-state index is -2.68. The molecule has 0 rings (SSSR count). The SMILES string of the molecule is CCOP(O)(=S)NC(C)CC.Cl. The van der Waals surface area contributed by atoms with Crippen molar-refractivity contribution in [1.29, 1.82) is 0 Å². The van der Waals surface area contributed by atoms with E-state index in [-0.39, 0.29) is 18.4 Å². The highest BCUT2D eigenvalue weighted by molar-refractivity contribution is 8.08. The van der Waals surface area contributed by atoms with Crippen molar-refractivity contribution >= 4 is 30.9 Å². The highest BCUT2D eigenvalue weighted by atomic mass is 35.5. The molecule has 3 nitrogen and oxygen atoms in total. The van der Waals surface area contributed by atoms with Crippen LogP contribution < -0.4 is 5.09 Å². The summed E-state index contributed by atoms with van der Waals surface area (Å²) in [5, 5.41) is 2.87. The lowest BCUT2D eigenvalue weighted by Crippen LogP contribution is -2.22. The monoisotopic (exact) mass is 233 g/mol. The summed E-state index contributed by atoms with van der Waals surface area (Å²) >= 11 is 4.82. The van der Waals surface area contributed by atoms with Crippen molar-refractivity contribution < 1.29 is 9.42 Å². The van der Waals surface area contributed by atoms with Gasteiger partial charge in [0, 0.05) is 6.04 Å². The topological polar surface area (TPSA) is 41.5 Å². The van der Waals surface area contributed by atoms with Crippen LogP contribution >= 0.6 is 19.0 Å². The molecular weight excluding hydrogens is 217 g/mol. The minimum absolute atomic E-state index is 0. The molecule has 2 unspecified atom stereocenters. The first kappa shape index (κ1) is 15.3. The van der Waals surface area contributed by atoms with Crippen LogP contribution in [-0.2, 0) is 16.3 Å². The maximum atomic E-state index is 9.41. The van der Waals surface area contributed by atoms with Crippen molar-refractivity contribution in [2.45, 2.75) is 33.2 Å². The molecule has 0 aromatic carbocycles. The van der Waals surface area contributed by atoms with E-state index in [9.17, 15) is 4.89 Å².